The Hall–Kier alpha value is -1.66. The number of likely N-dealkylation sites (N-methyl/N-ethyl adjacent to an activating group) is 1. The van der Waals surface area contributed by atoms with Gasteiger partial charge < -0.3 is 14.2 Å². The van der Waals surface area contributed by atoms with Crippen molar-refractivity contribution in [2.45, 2.75) is 32.4 Å². The van der Waals surface area contributed by atoms with Crippen LogP contribution in [0.3, 0.4) is 0 Å². The van der Waals surface area contributed by atoms with E-state index >= 15 is 0 Å². The highest BCUT2D eigenvalue weighted by Crippen LogP contribution is 2.18. The van der Waals surface area contributed by atoms with Crippen LogP contribution >= 0.6 is 0 Å². The zero-order valence-corrected chi connectivity index (χ0v) is 11.7. The zero-order valence-electron chi connectivity index (χ0n) is 11.7. The molecular weight excluding hydrogens is 256 g/mol. The van der Waals surface area contributed by atoms with Crippen molar-refractivity contribution in [1.29, 1.82) is 0 Å². The molecule has 0 amide bonds. The molecule has 1 atom stereocenters. The van der Waals surface area contributed by atoms with Gasteiger partial charge in [-0.3, -0.25) is 4.90 Å². The summed E-state index contributed by atoms with van der Waals surface area (Å²) in [5.41, 5.74) is 0. The predicted octanol–water partition coefficient (Wildman–Crippen LogP) is 1.90. The number of nitrogens with one attached hydrogen (secondary N) is 1. The molecule has 6 heteroatoms. The third-order valence-corrected chi connectivity index (χ3v) is 3.65. The van der Waals surface area contributed by atoms with Crippen molar-refractivity contribution >= 4 is 0 Å². The quantitative estimate of drug-likeness (QED) is 0.869. The van der Waals surface area contributed by atoms with Gasteiger partial charge >= 0.3 is 0 Å². The number of nitrogens with zero attached hydrogens (tertiary/aromatic N) is 3. The van der Waals surface area contributed by atoms with Crippen molar-refractivity contribution in [3.63, 3.8) is 0 Å². The van der Waals surface area contributed by atoms with E-state index in [2.05, 4.69) is 27.3 Å². The monoisotopic (exact) mass is 276 g/mol. The van der Waals surface area contributed by atoms with Crippen LogP contribution in [0.5, 0.6) is 0 Å². The fraction of sp³-hybridized carbons (Fsp3) is 0.571. The van der Waals surface area contributed by atoms with Gasteiger partial charge in [-0.2, -0.15) is 0 Å². The summed E-state index contributed by atoms with van der Waals surface area (Å²) in [6.45, 7) is 5.96. The van der Waals surface area contributed by atoms with Crippen molar-refractivity contribution in [2.24, 2.45) is 0 Å². The topological polar surface area (TPSA) is 67.3 Å². The van der Waals surface area contributed by atoms with E-state index in [9.17, 15) is 0 Å². The van der Waals surface area contributed by atoms with Crippen molar-refractivity contribution in [3.05, 3.63) is 24.3 Å². The number of rotatable bonds is 6. The second-order valence-corrected chi connectivity index (χ2v) is 5.10. The Bertz CT molecular complexity index is 517. The fourth-order valence-electron chi connectivity index (χ4n) is 2.54. The summed E-state index contributed by atoms with van der Waals surface area (Å²) in [4.78, 5) is 2.32. The van der Waals surface area contributed by atoms with Crippen molar-refractivity contribution in [2.75, 3.05) is 19.6 Å². The first-order chi connectivity index (χ1) is 9.85. The lowest BCUT2D eigenvalue weighted by atomic mass is 10.2. The van der Waals surface area contributed by atoms with Gasteiger partial charge in [-0.05, 0) is 38.1 Å². The molecule has 6 nitrogen and oxygen atoms in total. The normalized spacial score (nSPS) is 19.0. The van der Waals surface area contributed by atoms with Gasteiger partial charge in [0.25, 0.3) is 5.89 Å². The Morgan fingerprint density at radius 2 is 2.40 bits per heavy atom. The number of aromatic nitrogens is 2. The lowest BCUT2D eigenvalue weighted by Crippen LogP contribution is -2.37. The summed E-state index contributed by atoms with van der Waals surface area (Å²) in [6, 6.07) is 4.21. The van der Waals surface area contributed by atoms with E-state index < -0.39 is 0 Å². The summed E-state index contributed by atoms with van der Waals surface area (Å²) in [5.74, 6) is 1.69. The summed E-state index contributed by atoms with van der Waals surface area (Å²) in [7, 11) is 0. The molecule has 0 saturated carbocycles. The van der Waals surface area contributed by atoms with Gasteiger partial charge in [0.15, 0.2) is 5.76 Å². The second-order valence-electron chi connectivity index (χ2n) is 5.10. The van der Waals surface area contributed by atoms with Crippen LogP contribution in [0.25, 0.3) is 11.7 Å². The third kappa shape index (κ3) is 3.08. The van der Waals surface area contributed by atoms with E-state index in [1.807, 2.05) is 12.1 Å². The molecule has 0 aromatic carbocycles. The molecule has 2 aromatic heterocycles. The van der Waals surface area contributed by atoms with Crippen LogP contribution in [0, 0.1) is 0 Å². The van der Waals surface area contributed by atoms with Gasteiger partial charge in [0.1, 0.15) is 0 Å². The molecule has 3 rings (SSSR count). The number of hydrogen-bond acceptors (Lipinski definition) is 6. The van der Waals surface area contributed by atoms with Crippen molar-refractivity contribution in [3.8, 4) is 11.7 Å². The van der Waals surface area contributed by atoms with Gasteiger partial charge in [0.2, 0.25) is 5.89 Å². The lowest BCUT2D eigenvalue weighted by Gasteiger charge is -2.22. The van der Waals surface area contributed by atoms with Crippen molar-refractivity contribution in [1.82, 2.24) is 20.4 Å². The SMILES string of the molecule is CCN(Cc1nnc(-c2ccco2)o1)CC1CCCN1. The number of hydrogen-bond donors (Lipinski definition) is 1. The summed E-state index contributed by atoms with van der Waals surface area (Å²) in [6.07, 6.45) is 4.12. The van der Waals surface area contributed by atoms with E-state index in [1.165, 1.54) is 12.8 Å². The molecule has 1 N–H and O–H groups in total. The molecule has 0 bridgehead atoms. The van der Waals surface area contributed by atoms with E-state index in [1.54, 1.807) is 6.26 Å². The minimum Gasteiger partial charge on any atom is -0.459 e. The highest BCUT2D eigenvalue weighted by Gasteiger charge is 2.19. The van der Waals surface area contributed by atoms with Crippen LogP contribution in [0.4, 0.5) is 0 Å². The molecule has 108 valence electrons. The Labute approximate surface area is 118 Å². The second kappa shape index (κ2) is 6.19. The average Bonchev–Trinajstić information content (AvgIpc) is 3.20. The van der Waals surface area contributed by atoms with E-state index in [-0.39, 0.29) is 0 Å². The van der Waals surface area contributed by atoms with Gasteiger partial charge in [-0.15, -0.1) is 10.2 Å². The molecule has 3 heterocycles. The van der Waals surface area contributed by atoms with Gasteiger partial charge in [0, 0.05) is 12.6 Å². The molecule has 1 saturated heterocycles. The summed E-state index contributed by atoms with van der Waals surface area (Å²) < 4.78 is 10.9. The lowest BCUT2D eigenvalue weighted by molar-refractivity contribution is 0.230. The molecule has 0 spiro atoms. The maximum atomic E-state index is 5.65. The first kappa shape index (κ1) is 13.3. The minimum absolute atomic E-state index is 0.444. The zero-order chi connectivity index (χ0) is 13.8. The average molecular weight is 276 g/mol. The van der Waals surface area contributed by atoms with Crippen LogP contribution in [-0.4, -0.2) is 40.8 Å². The fourth-order valence-corrected chi connectivity index (χ4v) is 2.54. The largest absolute Gasteiger partial charge is 0.459 e. The molecule has 1 aliphatic heterocycles. The molecule has 0 aliphatic carbocycles. The predicted molar refractivity (Wildman–Crippen MR) is 74.0 cm³/mol. The standard InChI is InChI=1S/C14H20N4O2/c1-2-18(9-11-5-3-7-15-11)10-13-16-17-14(20-13)12-6-4-8-19-12/h4,6,8,11,15H,2-3,5,7,9-10H2,1H3. The first-order valence-electron chi connectivity index (χ1n) is 7.17. The van der Waals surface area contributed by atoms with Crippen LogP contribution in [0.1, 0.15) is 25.7 Å². The Kier molecular flexibility index (Phi) is 4.13. The molecule has 1 unspecified atom stereocenters. The Morgan fingerprint density at radius 3 is 3.10 bits per heavy atom. The van der Waals surface area contributed by atoms with E-state index in [4.69, 9.17) is 8.83 Å². The molecule has 20 heavy (non-hydrogen) atoms. The van der Waals surface area contributed by atoms with E-state index in [0.717, 1.165) is 19.6 Å². The van der Waals surface area contributed by atoms with Gasteiger partial charge in [0.05, 0.1) is 12.8 Å². The van der Waals surface area contributed by atoms with Crippen LogP contribution < -0.4 is 5.32 Å². The maximum Gasteiger partial charge on any atom is 0.283 e. The molecule has 1 aliphatic rings. The molecule has 1 fully saturated rings. The summed E-state index contributed by atoms with van der Waals surface area (Å²) >= 11 is 0. The van der Waals surface area contributed by atoms with Gasteiger partial charge in [-0.25, -0.2) is 0 Å². The van der Waals surface area contributed by atoms with Gasteiger partial charge in [-0.1, -0.05) is 6.92 Å². The third-order valence-electron chi connectivity index (χ3n) is 3.65. The Balaban J connectivity index is 1.60. The van der Waals surface area contributed by atoms with Crippen LogP contribution in [0.2, 0.25) is 0 Å². The highest BCUT2D eigenvalue weighted by molar-refractivity contribution is 5.42. The minimum atomic E-state index is 0.444. The van der Waals surface area contributed by atoms with Crippen LogP contribution in [-0.2, 0) is 6.54 Å². The highest BCUT2D eigenvalue weighted by atomic mass is 16.4. The molecule has 0 radical (unpaired) electrons. The van der Waals surface area contributed by atoms with Crippen molar-refractivity contribution < 1.29 is 8.83 Å². The molecule has 2 aromatic rings. The Morgan fingerprint density at radius 1 is 1.45 bits per heavy atom. The maximum absolute atomic E-state index is 5.65. The number of furan rings is 1. The first-order valence-corrected chi connectivity index (χ1v) is 7.17. The summed E-state index contributed by atoms with van der Waals surface area (Å²) in [5, 5.41) is 11.6. The smallest absolute Gasteiger partial charge is 0.283 e. The molecular formula is C14H20N4O2. The van der Waals surface area contributed by atoms with Crippen LogP contribution in [0.15, 0.2) is 27.2 Å². The van der Waals surface area contributed by atoms with E-state index in [0.29, 0.717) is 30.1 Å².